The summed E-state index contributed by atoms with van der Waals surface area (Å²) in [5.41, 5.74) is 0. The Morgan fingerprint density at radius 1 is 0.840 bits per heavy atom. The lowest BCUT2D eigenvalue weighted by molar-refractivity contribution is -0.134. The molecule has 4 fully saturated rings. The first-order valence-corrected chi connectivity index (χ1v) is 10.5. The Balaban J connectivity index is 1.49. The fraction of sp³-hybridized carbons (Fsp3) is 0.789. The average molecular weight is 379 g/mol. The molecule has 0 N–H and O–H groups in total. The molecule has 4 nitrogen and oxygen atoms in total. The van der Waals surface area contributed by atoms with E-state index in [1.807, 2.05) is 11.8 Å². The summed E-state index contributed by atoms with van der Waals surface area (Å²) >= 11 is 11.3. The van der Waals surface area contributed by atoms with Crippen LogP contribution in [0.2, 0.25) is 0 Å². The van der Waals surface area contributed by atoms with Crippen molar-refractivity contribution < 1.29 is 9.59 Å². The molecule has 4 rings (SSSR count). The highest BCUT2D eigenvalue weighted by molar-refractivity contribution is 7.80. The highest BCUT2D eigenvalue weighted by Gasteiger charge is 2.49. The minimum Gasteiger partial charge on any atom is -0.304 e. The number of carbonyl (C=O) groups excluding carboxylic acids is 2. The molecule has 2 aliphatic carbocycles. The number of carbonyl (C=O) groups is 2. The van der Waals surface area contributed by atoms with Crippen molar-refractivity contribution in [3.05, 3.63) is 0 Å². The molecule has 2 heterocycles. The van der Waals surface area contributed by atoms with Gasteiger partial charge in [-0.3, -0.25) is 9.59 Å². The molecule has 25 heavy (non-hydrogen) atoms. The summed E-state index contributed by atoms with van der Waals surface area (Å²) < 4.78 is 0. The SMILES string of the molecule is CC(CN1C(=O)C2CCCCC2C1=S)N1C(=O)C2CCCCC2C1=S. The van der Waals surface area contributed by atoms with Gasteiger partial charge in [-0.05, 0) is 32.6 Å². The summed E-state index contributed by atoms with van der Waals surface area (Å²) in [7, 11) is 0. The van der Waals surface area contributed by atoms with Crippen LogP contribution in [-0.2, 0) is 9.59 Å². The quantitative estimate of drug-likeness (QED) is 0.707. The Hall–Kier alpha value is -0.880. The molecule has 2 amide bonds. The Morgan fingerprint density at radius 2 is 1.32 bits per heavy atom. The molecule has 5 unspecified atom stereocenters. The van der Waals surface area contributed by atoms with Crippen molar-refractivity contribution in [1.29, 1.82) is 0 Å². The van der Waals surface area contributed by atoms with Crippen LogP contribution in [0.25, 0.3) is 0 Å². The monoisotopic (exact) mass is 378 g/mol. The highest BCUT2D eigenvalue weighted by Crippen LogP contribution is 2.41. The standard InChI is InChI=1S/C19H26N2O2S2/c1-11(21-17(23)13-7-3-5-9-15(13)19(21)25)10-20-16(22)12-6-2-4-8-14(12)18(20)24/h11-15H,2-10H2,1H3. The van der Waals surface area contributed by atoms with Crippen LogP contribution in [0, 0.1) is 23.7 Å². The van der Waals surface area contributed by atoms with E-state index in [-0.39, 0.29) is 41.5 Å². The van der Waals surface area contributed by atoms with E-state index >= 15 is 0 Å². The maximum absolute atomic E-state index is 12.9. The lowest BCUT2D eigenvalue weighted by Gasteiger charge is -2.29. The van der Waals surface area contributed by atoms with Gasteiger partial charge in [0, 0.05) is 30.2 Å². The lowest BCUT2D eigenvalue weighted by Crippen LogP contribution is -2.47. The van der Waals surface area contributed by atoms with E-state index in [1.165, 1.54) is 0 Å². The molecule has 2 saturated carbocycles. The van der Waals surface area contributed by atoms with E-state index in [9.17, 15) is 9.59 Å². The number of hydrogen-bond donors (Lipinski definition) is 0. The van der Waals surface area contributed by atoms with Crippen LogP contribution in [0.3, 0.4) is 0 Å². The molecule has 0 radical (unpaired) electrons. The molecular formula is C19H26N2O2S2. The van der Waals surface area contributed by atoms with Gasteiger partial charge in [0.15, 0.2) is 0 Å². The van der Waals surface area contributed by atoms with E-state index in [4.69, 9.17) is 24.4 Å². The molecule has 0 bridgehead atoms. The number of likely N-dealkylation sites (tertiary alicyclic amines) is 2. The van der Waals surface area contributed by atoms with Gasteiger partial charge in [0.1, 0.15) is 0 Å². The Morgan fingerprint density at radius 3 is 1.84 bits per heavy atom. The zero-order valence-electron chi connectivity index (χ0n) is 14.8. The minimum atomic E-state index is -0.0901. The largest absolute Gasteiger partial charge is 0.304 e. The fourth-order valence-corrected chi connectivity index (χ4v) is 6.38. The molecule has 0 spiro atoms. The molecule has 0 aromatic heterocycles. The number of nitrogens with zero attached hydrogens (tertiary/aromatic N) is 2. The van der Waals surface area contributed by atoms with Crippen LogP contribution in [0.4, 0.5) is 0 Å². The second kappa shape index (κ2) is 6.69. The van der Waals surface area contributed by atoms with Crippen molar-refractivity contribution in [2.45, 2.75) is 64.3 Å². The van der Waals surface area contributed by atoms with E-state index in [2.05, 4.69) is 0 Å². The molecule has 0 aromatic carbocycles. The lowest BCUT2D eigenvalue weighted by atomic mass is 9.81. The summed E-state index contributed by atoms with van der Waals surface area (Å²) in [6.45, 7) is 2.51. The second-order valence-corrected chi connectivity index (χ2v) is 9.01. The van der Waals surface area contributed by atoms with Gasteiger partial charge in [-0.1, -0.05) is 50.1 Å². The Bertz CT molecular complexity index is 587. The number of hydrogen-bond acceptors (Lipinski definition) is 4. The van der Waals surface area contributed by atoms with E-state index in [0.29, 0.717) is 6.54 Å². The zero-order valence-corrected chi connectivity index (χ0v) is 16.4. The van der Waals surface area contributed by atoms with Crippen molar-refractivity contribution in [3.8, 4) is 0 Å². The number of fused-ring (bicyclic) bond motifs is 2. The number of rotatable bonds is 3. The summed E-state index contributed by atoms with van der Waals surface area (Å²) in [4.78, 5) is 30.9. The first kappa shape index (κ1) is 17.5. The smallest absolute Gasteiger partial charge is 0.231 e. The van der Waals surface area contributed by atoms with Crippen LogP contribution in [0.5, 0.6) is 0 Å². The average Bonchev–Trinajstić information content (AvgIpc) is 3.02. The van der Waals surface area contributed by atoms with Crippen molar-refractivity contribution in [3.63, 3.8) is 0 Å². The molecule has 2 saturated heterocycles. The number of thiocarbonyl (C=S) groups is 2. The molecule has 5 atom stereocenters. The molecule has 0 aromatic rings. The van der Waals surface area contributed by atoms with Gasteiger partial charge in [0.25, 0.3) is 0 Å². The van der Waals surface area contributed by atoms with Crippen LogP contribution >= 0.6 is 24.4 Å². The Kier molecular flexibility index (Phi) is 4.69. The van der Waals surface area contributed by atoms with Crippen LogP contribution in [-0.4, -0.2) is 44.2 Å². The first-order valence-electron chi connectivity index (χ1n) is 9.73. The topological polar surface area (TPSA) is 40.6 Å². The predicted molar refractivity (Wildman–Crippen MR) is 104 cm³/mol. The summed E-state index contributed by atoms with van der Waals surface area (Å²) in [6.07, 6.45) is 8.55. The van der Waals surface area contributed by atoms with Crippen LogP contribution < -0.4 is 0 Å². The van der Waals surface area contributed by atoms with E-state index in [0.717, 1.165) is 61.3 Å². The van der Waals surface area contributed by atoms with Gasteiger partial charge in [-0.25, -0.2) is 0 Å². The maximum Gasteiger partial charge on any atom is 0.231 e. The normalized spacial score (nSPS) is 36.7. The molecule has 2 aliphatic heterocycles. The van der Waals surface area contributed by atoms with Crippen LogP contribution in [0.1, 0.15) is 58.3 Å². The zero-order chi connectivity index (χ0) is 17.7. The van der Waals surface area contributed by atoms with E-state index in [1.54, 1.807) is 4.90 Å². The van der Waals surface area contributed by atoms with Crippen LogP contribution in [0.15, 0.2) is 0 Å². The number of amides is 2. The summed E-state index contributed by atoms with van der Waals surface area (Å²) in [6, 6.07) is -0.0901. The predicted octanol–water partition coefficient (Wildman–Crippen LogP) is 3.33. The first-order chi connectivity index (χ1) is 12.0. The third-order valence-electron chi connectivity index (χ3n) is 6.70. The van der Waals surface area contributed by atoms with Crippen molar-refractivity contribution in [2.24, 2.45) is 23.7 Å². The summed E-state index contributed by atoms with van der Waals surface area (Å²) in [5, 5.41) is 0. The van der Waals surface area contributed by atoms with Gasteiger partial charge in [-0.15, -0.1) is 0 Å². The second-order valence-electron chi connectivity index (χ2n) is 8.18. The Labute approximate surface area is 160 Å². The minimum absolute atomic E-state index is 0.0764. The van der Waals surface area contributed by atoms with Gasteiger partial charge < -0.3 is 9.80 Å². The van der Waals surface area contributed by atoms with E-state index < -0.39 is 0 Å². The van der Waals surface area contributed by atoms with Crippen molar-refractivity contribution in [2.75, 3.05) is 6.54 Å². The van der Waals surface area contributed by atoms with Gasteiger partial charge in [0.05, 0.1) is 16.0 Å². The molecular weight excluding hydrogens is 352 g/mol. The van der Waals surface area contributed by atoms with Crippen molar-refractivity contribution in [1.82, 2.24) is 9.80 Å². The third-order valence-corrected chi connectivity index (χ3v) is 7.72. The molecule has 6 heteroatoms. The molecule has 4 aliphatic rings. The van der Waals surface area contributed by atoms with Gasteiger partial charge in [-0.2, -0.15) is 0 Å². The van der Waals surface area contributed by atoms with Crippen molar-refractivity contribution >= 4 is 46.2 Å². The van der Waals surface area contributed by atoms with Gasteiger partial charge in [0.2, 0.25) is 11.8 Å². The summed E-state index contributed by atoms with van der Waals surface area (Å²) in [5.74, 6) is 0.994. The fourth-order valence-electron chi connectivity index (χ4n) is 5.38. The van der Waals surface area contributed by atoms with Gasteiger partial charge >= 0.3 is 0 Å². The molecule has 136 valence electrons. The third kappa shape index (κ3) is 2.76. The maximum atomic E-state index is 12.9. The highest BCUT2D eigenvalue weighted by atomic mass is 32.1.